The quantitative estimate of drug-likeness (QED) is 0.593. The van der Waals surface area contributed by atoms with E-state index in [1.165, 1.54) is 0 Å². The zero-order valence-corrected chi connectivity index (χ0v) is 10.2. The maximum Gasteiger partial charge on any atom is 0.238 e. The van der Waals surface area contributed by atoms with Crippen LogP contribution < -0.4 is 11.1 Å². The Hall–Kier alpha value is -0.260. The van der Waals surface area contributed by atoms with Crippen molar-refractivity contribution in [2.24, 2.45) is 5.73 Å². The zero-order valence-electron chi connectivity index (χ0n) is 9.41. The molecular formula is C10H20N2O2S. The van der Waals surface area contributed by atoms with E-state index in [0.29, 0.717) is 18.4 Å². The van der Waals surface area contributed by atoms with Crippen molar-refractivity contribution in [1.29, 1.82) is 0 Å². The number of carbonyl (C=O) groups excluding carboxylic acids is 1. The molecule has 1 atom stereocenters. The van der Waals surface area contributed by atoms with Gasteiger partial charge in [0.2, 0.25) is 5.91 Å². The van der Waals surface area contributed by atoms with Gasteiger partial charge in [0, 0.05) is 24.7 Å². The van der Waals surface area contributed by atoms with Gasteiger partial charge < -0.3 is 15.8 Å². The van der Waals surface area contributed by atoms with E-state index in [9.17, 15) is 4.79 Å². The van der Waals surface area contributed by atoms with E-state index in [0.717, 1.165) is 18.6 Å². The van der Waals surface area contributed by atoms with Crippen LogP contribution in [-0.4, -0.2) is 42.7 Å². The molecule has 0 aromatic heterocycles. The molecule has 1 aliphatic carbocycles. The summed E-state index contributed by atoms with van der Waals surface area (Å²) in [5.74, 6) is 1.34. The van der Waals surface area contributed by atoms with Crippen molar-refractivity contribution >= 4 is 17.7 Å². The molecule has 0 bridgehead atoms. The summed E-state index contributed by atoms with van der Waals surface area (Å²) in [5.41, 5.74) is 4.85. The Labute approximate surface area is 95.3 Å². The van der Waals surface area contributed by atoms with Gasteiger partial charge in [0.1, 0.15) is 5.54 Å². The van der Waals surface area contributed by atoms with E-state index in [1.807, 2.05) is 6.92 Å². The molecule has 1 saturated carbocycles. The van der Waals surface area contributed by atoms with Gasteiger partial charge in [0.05, 0.1) is 6.61 Å². The molecule has 1 fully saturated rings. The molecule has 0 spiro atoms. The van der Waals surface area contributed by atoms with Crippen molar-refractivity contribution in [1.82, 2.24) is 5.32 Å². The highest BCUT2D eigenvalue weighted by atomic mass is 32.2. The normalized spacial score (nSPS) is 19.9. The van der Waals surface area contributed by atoms with Gasteiger partial charge in [0.15, 0.2) is 0 Å². The van der Waals surface area contributed by atoms with E-state index < -0.39 is 5.54 Å². The summed E-state index contributed by atoms with van der Waals surface area (Å²) < 4.78 is 4.95. The van der Waals surface area contributed by atoms with Crippen LogP contribution in [0.5, 0.6) is 0 Å². The second kappa shape index (κ2) is 5.72. The van der Waals surface area contributed by atoms with Gasteiger partial charge in [-0.25, -0.2) is 0 Å². The van der Waals surface area contributed by atoms with Gasteiger partial charge in [-0.3, -0.25) is 4.79 Å². The molecule has 0 heterocycles. The SMILES string of the molecule is COCCSCC(C)(NC1CC1)C(N)=O. The summed E-state index contributed by atoms with van der Waals surface area (Å²) in [7, 11) is 1.68. The monoisotopic (exact) mass is 232 g/mol. The highest BCUT2D eigenvalue weighted by molar-refractivity contribution is 7.99. The highest BCUT2D eigenvalue weighted by Gasteiger charge is 2.36. The van der Waals surface area contributed by atoms with E-state index in [4.69, 9.17) is 10.5 Å². The Kier molecular flexibility index (Phi) is 4.89. The van der Waals surface area contributed by atoms with Gasteiger partial charge in [-0.05, 0) is 19.8 Å². The summed E-state index contributed by atoms with van der Waals surface area (Å²) in [4.78, 5) is 11.4. The Bertz CT molecular complexity index is 221. The number of methoxy groups -OCH3 is 1. The van der Waals surface area contributed by atoms with Crippen molar-refractivity contribution in [2.75, 3.05) is 25.2 Å². The predicted molar refractivity (Wildman–Crippen MR) is 63.0 cm³/mol. The molecule has 0 aliphatic heterocycles. The maximum absolute atomic E-state index is 11.4. The second-order valence-corrected chi connectivity index (χ2v) is 5.27. The number of rotatable bonds is 8. The van der Waals surface area contributed by atoms with Gasteiger partial charge in [-0.1, -0.05) is 0 Å². The first kappa shape index (κ1) is 12.8. The van der Waals surface area contributed by atoms with Gasteiger partial charge >= 0.3 is 0 Å². The lowest BCUT2D eigenvalue weighted by Gasteiger charge is -2.27. The van der Waals surface area contributed by atoms with E-state index >= 15 is 0 Å². The molecule has 0 aromatic carbocycles. The average Bonchev–Trinajstić information content (AvgIpc) is 2.96. The van der Waals surface area contributed by atoms with Crippen LogP contribution in [0.4, 0.5) is 0 Å². The van der Waals surface area contributed by atoms with Gasteiger partial charge in [-0.15, -0.1) is 0 Å². The molecule has 1 aliphatic rings. The first-order valence-electron chi connectivity index (χ1n) is 5.23. The number of nitrogens with two attached hydrogens (primary N) is 1. The number of carbonyl (C=O) groups is 1. The molecule has 1 unspecified atom stereocenters. The number of amides is 1. The molecule has 1 amide bonds. The zero-order chi connectivity index (χ0) is 11.3. The first-order chi connectivity index (χ1) is 7.08. The van der Waals surface area contributed by atoms with E-state index in [-0.39, 0.29) is 5.91 Å². The molecule has 1 rings (SSSR count). The molecular weight excluding hydrogens is 212 g/mol. The van der Waals surface area contributed by atoms with Crippen molar-refractivity contribution in [3.63, 3.8) is 0 Å². The Balaban J connectivity index is 2.31. The Morgan fingerprint density at radius 3 is 2.80 bits per heavy atom. The van der Waals surface area contributed by atoms with E-state index in [1.54, 1.807) is 18.9 Å². The molecule has 88 valence electrons. The standard InChI is InChI=1S/C10H20N2O2S/c1-10(9(11)13,12-8-3-4-8)7-15-6-5-14-2/h8,12H,3-7H2,1-2H3,(H2,11,13). The molecule has 5 heteroatoms. The number of thioether (sulfide) groups is 1. The summed E-state index contributed by atoms with van der Waals surface area (Å²) >= 11 is 1.69. The van der Waals surface area contributed by atoms with Crippen LogP contribution in [0.15, 0.2) is 0 Å². The minimum atomic E-state index is -0.570. The van der Waals surface area contributed by atoms with Crippen molar-refractivity contribution in [3.05, 3.63) is 0 Å². The molecule has 0 radical (unpaired) electrons. The summed E-state index contributed by atoms with van der Waals surface area (Å²) in [5, 5.41) is 3.31. The summed E-state index contributed by atoms with van der Waals surface area (Å²) in [6.45, 7) is 2.59. The van der Waals surface area contributed by atoms with Crippen LogP contribution in [0.25, 0.3) is 0 Å². The first-order valence-corrected chi connectivity index (χ1v) is 6.38. The number of ether oxygens (including phenoxy) is 1. The van der Waals surface area contributed by atoms with E-state index in [2.05, 4.69) is 5.32 Å². The third-order valence-electron chi connectivity index (χ3n) is 2.47. The Morgan fingerprint density at radius 2 is 2.33 bits per heavy atom. The molecule has 3 N–H and O–H groups in total. The minimum Gasteiger partial charge on any atom is -0.384 e. The number of primary amides is 1. The van der Waals surface area contributed by atoms with Crippen LogP contribution in [-0.2, 0) is 9.53 Å². The predicted octanol–water partition coefficient (Wildman–Crippen LogP) is 0.362. The van der Waals surface area contributed by atoms with Crippen LogP contribution in [0.2, 0.25) is 0 Å². The molecule has 0 saturated heterocycles. The third-order valence-corrected chi connectivity index (χ3v) is 3.70. The van der Waals surface area contributed by atoms with Crippen molar-refractivity contribution in [3.8, 4) is 0 Å². The topological polar surface area (TPSA) is 64.3 Å². The molecule has 4 nitrogen and oxygen atoms in total. The fourth-order valence-corrected chi connectivity index (χ4v) is 2.34. The largest absolute Gasteiger partial charge is 0.384 e. The van der Waals surface area contributed by atoms with Crippen LogP contribution >= 0.6 is 11.8 Å². The Morgan fingerprint density at radius 1 is 1.67 bits per heavy atom. The number of hydrogen-bond acceptors (Lipinski definition) is 4. The number of hydrogen-bond donors (Lipinski definition) is 2. The smallest absolute Gasteiger partial charge is 0.238 e. The minimum absolute atomic E-state index is 0.265. The fourth-order valence-electron chi connectivity index (χ4n) is 1.28. The lowest BCUT2D eigenvalue weighted by atomic mass is 10.1. The maximum atomic E-state index is 11.4. The fraction of sp³-hybridized carbons (Fsp3) is 0.900. The van der Waals surface area contributed by atoms with Crippen molar-refractivity contribution in [2.45, 2.75) is 31.3 Å². The number of nitrogens with one attached hydrogen (secondary N) is 1. The van der Waals surface area contributed by atoms with Crippen LogP contribution in [0.1, 0.15) is 19.8 Å². The van der Waals surface area contributed by atoms with Crippen LogP contribution in [0, 0.1) is 0 Å². The van der Waals surface area contributed by atoms with Crippen LogP contribution in [0.3, 0.4) is 0 Å². The third kappa shape index (κ3) is 4.40. The molecule has 0 aromatic rings. The molecule has 15 heavy (non-hydrogen) atoms. The highest BCUT2D eigenvalue weighted by Crippen LogP contribution is 2.24. The second-order valence-electron chi connectivity index (χ2n) is 4.16. The lowest BCUT2D eigenvalue weighted by Crippen LogP contribution is -2.56. The van der Waals surface area contributed by atoms with Gasteiger partial charge in [0.25, 0.3) is 0 Å². The van der Waals surface area contributed by atoms with Crippen molar-refractivity contribution < 1.29 is 9.53 Å². The average molecular weight is 232 g/mol. The summed E-state index contributed by atoms with van der Waals surface area (Å²) in [6, 6.07) is 0.491. The summed E-state index contributed by atoms with van der Waals surface area (Å²) in [6.07, 6.45) is 2.32. The van der Waals surface area contributed by atoms with Gasteiger partial charge in [-0.2, -0.15) is 11.8 Å². The lowest BCUT2D eigenvalue weighted by molar-refractivity contribution is -0.123.